The number of aryl methyl sites for hydroxylation is 1. The van der Waals surface area contributed by atoms with Gasteiger partial charge in [-0.1, -0.05) is 6.07 Å². The van der Waals surface area contributed by atoms with Gasteiger partial charge in [-0.25, -0.2) is 4.98 Å². The SMILES string of the molecule is Cc1ccc(S(=O)CCCC#N)nc1. The van der Waals surface area contributed by atoms with Crippen molar-refractivity contribution in [3.05, 3.63) is 23.9 Å². The minimum Gasteiger partial charge on any atom is -0.253 e. The number of hydrogen-bond donors (Lipinski definition) is 0. The zero-order chi connectivity index (χ0) is 10.4. The van der Waals surface area contributed by atoms with Crippen LogP contribution >= 0.6 is 0 Å². The summed E-state index contributed by atoms with van der Waals surface area (Å²) < 4.78 is 11.6. The number of hydrogen-bond acceptors (Lipinski definition) is 3. The molecule has 0 fully saturated rings. The van der Waals surface area contributed by atoms with Crippen LogP contribution in [0.5, 0.6) is 0 Å². The van der Waals surface area contributed by atoms with Crippen LogP contribution in [0.2, 0.25) is 0 Å². The number of pyridine rings is 1. The lowest BCUT2D eigenvalue weighted by Gasteiger charge is -1.99. The summed E-state index contributed by atoms with van der Waals surface area (Å²) in [5.74, 6) is 0.517. The van der Waals surface area contributed by atoms with E-state index in [1.54, 1.807) is 12.3 Å². The molecule has 0 aromatic carbocycles. The maximum absolute atomic E-state index is 11.6. The summed E-state index contributed by atoms with van der Waals surface area (Å²) in [6.45, 7) is 1.94. The maximum Gasteiger partial charge on any atom is 0.127 e. The van der Waals surface area contributed by atoms with E-state index in [9.17, 15) is 4.21 Å². The van der Waals surface area contributed by atoms with Crippen molar-refractivity contribution in [1.29, 1.82) is 5.26 Å². The van der Waals surface area contributed by atoms with Crippen molar-refractivity contribution in [2.75, 3.05) is 5.75 Å². The van der Waals surface area contributed by atoms with E-state index in [2.05, 4.69) is 4.98 Å². The number of aromatic nitrogens is 1. The van der Waals surface area contributed by atoms with Crippen LogP contribution in [0.3, 0.4) is 0 Å². The average molecular weight is 208 g/mol. The van der Waals surface area contributed by atoms with Crippen LogP contribution in [0.1, 0.15) is 18.4 Å². The van der Waals surface area contributed by atoms with Crippen molar-refractivity contribution in [2.45, 2.75) is 24.8 Å². The first-order chi connectivity index (χ1) is 6.74. The third kappa shape index (κ3) is 3.27. The fourth-order valence-corrected chi connectivity index (χ4v) is 1.98. The maximum atomic E-state index is 11.6. The summed E-state index contributed by atoms with van der Waals surface area (Å²) in [7, 11) is -1.06. The Hall–Kier alpha value is -1.21. The lowest BCUT2D eigenvalue weighted by Crippen LogP contribution is -2.00. The Morgan fingerprint density at radius 3 is 2.93 bits per heavy atom. The molecule has 14 heavy (non-hydrogen) atoms. The van der Waals surface area contributed by atoms with Crippen molar-refractivity contribution >= 4 is 10.8 Å². The number of nitrogens with zero attached hydrogens (tertiary/aromatic N) is 2. The fourth-order valence-electron chi connectivity index (χ4n) is 0.976. The minimum atomic E-state index is -1.06. The van der Waals surface area contributed by atoms with E-state index < -0.39 is 10.8 Å². The summed E-state index contributed by atoms with van der Waals surface area (Å²) in [5, 5.41) is 8.93. The van der Waals surface area contributed by atoms with Gasteiger partial charge in [0.05, 0.1) is 16.9 Å². The van der Waals surface area contributed by atoms with Gasteiger partial charge >= 0.3 is 0 Å². The van der Waals surface area contributed by atoms with Gasteiger partial charge in [0.1, 0.15) is 5.03 Å². The number of rotatable bonds is 4. The molecule has 0 aliphatic carbocycles. The van der Waals surface area contributed by atoms with Gasteiger partial charge in [-0.05, 0) is 25.0 Å². The minimum absolute atomic E-state index is 0.456. The fraction of sp³-hybridized carbons (Fsp3) is 0.400. The second kappa shape index (κ2) is 5.51. The average Bonchev–Trinajstić information content (AvgIpc) is 2.19. The molecule has 1 aromatic rings. The van der Waals surface area contributed by atoms with Crippen LogP contribution in [0, 0.1) is 18.3 Å². The van der Waals surface area contributed by atoms with Crippen LogP contribution < -0.4 is 0 Å². The van der Waals surface area contributed by atoms with Gasteiger partial charge in [0.15, 0.2) is 0 Å². The second-order valence-electron chi connectivity index (χ2n) is 2.99. The summed E-state index contributed by atoms with van der Waals surface area (Å²) >= 11 is 0. The Kier molecular flexibility index (Phi) is 4.27. The predicted molar refractivity (Wildman–Crippen MR) is 55.1 cm³/mol. The molecule has 0 saturated carbocycles. The smallest absolute Gasteiger partial charge is 0.127 e. The van der Waals surface area contributed by atoms with Crippen molar-refractivity contribution in [1.82, 2.24) is 4.98 Å². The quantitative estimate of drug-likeness (QED) is 0.709. The molecule has 0 bridgehead atoms. The molecular formula is C10H12N2OS. The normalized spacial score (nSPS) is 12.0. The van der Waals surface area contributed by atoms with E-state index in [0.717, 1.165) is 5.56 Å². The molecule has 0 radical (unpaired) electrons. The van der Waals surface area contributed by atoms with Gasteiger partial charge in [-0.3, -0.25) is 4.21 Å². The van der Waals surface area contributed by atoms with Crippen molar-refractivity contribution in [3.63, 3.8) is 0 Å². The van der Waals surface area contributed by atoms with Gasteiger partial charge in [0, 0.05) is 18.4 Å². The Morgan fingerprint density at radius 1 is 1.57 bits per heavy atom. The van der Waals surface area contributed by atoms with E-state index in [1.165, 1.54) is 0 Å². The first-order valence-electron chi connectivity index (χ1n) is 4.42. The van der Waals surface area contributed by atoms with Gasteiger partial charge in [-0.15, -0.1) is 0 Å². The van der Waals surface area contributed by atoms with Crippen LogP contribution in [0.25, 0.3) is 0 Å². The molecule has 1 heterocycles. The molecule has 3 nitrogen and oxygen atoms in total. The monoisotopic (exact) mass is 208 g/mol. The highest BCUT2D eigenvalue weighted by molar-refractivity contribution is 7.84. The Balaban J connectivity index is 2.53. The highest BCUT2D eigenvalue weighted by atomic mass is 32.2. The molecule has 0 N–H and O–H groups in total. The van der Waals surface area contributed by atoms with Crippen molar-refractivity contribution in [3.8, 4) is 6.07 Å². The van der Waals surface area contributed by atoms with E-state index in [-0.39, 0.29) is 0 Å². The third-order valence-electron chi connectivity index (χ3n) is 1.74. The van der Waals surface area contributed by atoms with E-state index in [1.807, 2.05) is 19.1 Å². The summed E-state index contributed by atoms with van der Waals surface area (Å²) in [5.41, 5.74) is 1.06. The zero-order valence-corrected chi connectivity index (χ0v) is 8.88. The molecular weight excluding hydrogens is 196 g/mol. The van der Waals surface area contributed by atoms with Crippen LogP contribution in [0.15, 0.2) is 23.4 Å². The van der Waals surface area contributed by atoms with Crippen LogP contribution in [0.4, 0.5) is 0 Å². The summed E-state index contributed by atoms with van der Waals surface area (Å²) in [6, 6.07) is 5.70. The first kappa shape index (κ1) is 10.9. The number of unbranched alkanes of at least 4 members (excludes halogenated alkanes) is 1. The second-order valence-corrected chi connectivity index (χ2v) is 4.50. The van der Waals surface area contributed by atoms with Crippen molar-refractivity contribution < 1.29 is 4.21 Å². The Labute approximate surface area is 86.2 Å². The lowest BCUT2D eigenvalue weighted by molar-refractivity contribution is 0.678. The molecule has 1 aromatic heterocycles. The molecule has 1 atom stereocenters. The molecule has 0 spiro atoms. The predicted octanol–water partition coefficient (Wildman–Crippen LogP) is 1.80. The first-order valence-corrected chi connectivity index (χ1v) is 5.74. The van der Waals surface area contributed by atoms with E-state index in [4.69, 9.17) is 5.26 Å². The van der Waals surface area contributed by atoms with Crippen molar-refractivity contribution in [2.24, 2.45) is 0 Å². The number of nitriles is 1. The summed E-state index contributed by atoms with van der Waals surface area (Å²) in [4.78, 5) is 4.07. The van der Waals surface area contributed by atoms with Crippen LogP contribution in [-0.2, 0) is 10.8 Å². The molecule has 0 aliphatic heterocycles. The molecule has 1 unspecified atom stereocenters. The molecule has 1 rings (SSSR count). The highest BCUT2D eigenvalue weighted by Crippen LogP contribution is 2.05. The molecule has 0 saturated heterocycles. The molecule has 0 aliphatic rings. The molecule has 4 heteroatoms. The standard InChI is InChI=1S/C10H12N2OS/c1-9-4-5-10(12-8-9)14(13)7-3-2-6-11/h4-5,8H,2-3,7H2,1H3. The van der Waals surface area contributed by atoms with Crippen LogP contribution in [-0.4, -0.2) is 14.9 Å². The van der Waals surface area contributed by atoms with Gasteiger partial charge < -0.3 is 0 Å². The third-order valence-corrected chi connectivity index (χ3v) is 3.10. The largest absolute Gasteiger partial charge is 0.253 e. The zero-order valence-electron chi connectivity index (χ0n) is 8.06. The van der Waals surface area contributed by atoms with Gasteiger partial charge in [0.25, 0.3) is 0 Å². The Morgan fingerprint density at radius 2 is 2.36 bits per heavy atom. The highest BCUT2D eigenvalue weighted by Gasteiger charge is 2.03. The topological polar surface area (TPSA) is 53.8 Å². The van der Waals surface area contributed by atoms with Gasteiger partial charge in [0.2, 0.25) is 0 Å². The van der Waals surface area contributed by atoms with Gasteiger partial charge in [-0.2, -0.15) is 5.26 Å². The van der Waals surface area contributed by atoms with E-state index >= 15 is 0 Å². The summed E-state index contributed by atoms with van der Waals surface area (Å²) in [6.07, 6.45) is 2.83. The van der Waals surface area contributed by atoms with E-state index in [0.29, 0.717) is 23.6 Å². The Bertz CT molecular complexity index is 353. The lowest BCUT2D eigenvalue weighted by atomic mass is 10.3. The molecule has 0 amide bonds. The molecule has 74 valence electrons.